The number of hydrogen-bond acceptors (Lipinski definition) is 8. The Morgan fingerprint density at radius 2 is 1.67 bits per heavy atom. The Morgan fingerprint density at radius 3 is 2.26 bits per heavy atom. The van der Waals surface area contributed by atoms with E-state index in [-0.39, 0.29) is 54.8 Å². The summed E-state index contributed by atoms with van der Waals surface area (Å²) >= 11 is 0. The van der Waals surface area contributed by atoms with Crippen LogP contribution in [0.1, 0.15) is 27.7 Å². The van der Waals surface area contributed by atoms with Gasteiger partial charge in [0, 0.05) is 27.1 Å². The summed E-state index contributed by atoms with van der Waals surface area (Å²) in [6.45, 7) is 0.175. The van der Waals surface area contributed by atoms with Crippen LogP contribution in [0.5, 0.6) is 0 Å². The standard InChI is InChI=1S/C12H17N11O3.ClH/c1-22-7(9(25)15-4-3-6(13)14)18-12(21-22)19-10(26)8-17-11(16-5-24)20-23(8)2;/h5H,3-4H2,1-2H3,(H3,13,14)(H,15,25)(H,16,20,24)(H,19,21,26);1H. The van der Waals surface area contributed by atoms with Gasteiger partial charge in [-0.25, -0.2) is 9.36 Å². The minimum atomic E-state index is -0.673. The molecule has 0 spiro atoms. The molecule has 0 aliphatic carbocycles. The van der Waals surface area contributed by atoms with Crippen LogP contribution in [0.3, 0.4) is 0 Å². The van der Waals surface area contributed by atoms with Crippen molar-refractivity contribution >= 4 is 48.4 Å². The predicted molar refractivity (Wildman–Crippen MR) is 95.8 cm³/mol. The number of hydrogen-bond donors (Lipinski definition) is 5. The maximum atomic E-state index is 12.2. The second-order valence-electron chi connectivity index (χ2n) is 5.01. The quantitative estimate of drug-likeness (QED) is 0.195. The highest BCUT2D eigenvalue weighted by Gasteiger charge is 2.20. The maximum absolute atomic E-state index is 12.2. The zero-order valence-corrected chi connectivity index (χ0v) is 15.2. The van der Waals surface area contributed by atoms with E-state index in [1.807, 2.05) is 0 Å². The molecule has 2 rings (SSSR count). The third-order valence-electron chi connectivity index (χ3n) is 3.03. The number of carbonyl (C=O) groups is 3. The van der Waals surface area contributed by atoms with E-state index in [1.165, 1.54) is 23.5 Å². The molecule has 2 aromatic rings. The van der Waals surface area contributed by atoms with E-state index in [9.17, 15) is 14.4 Å². The average molecular weight is 400 g/mol. The minimum absolute atomic E-state index is 0. The molecule has 3 amide bonds. The SMILES string of the molecule is Cl.Cn1nc(NC(=O)c2nc(NC=O)nn2C)nc1C(=O)NCCC(=N)N. The number of carbonyl (C=O) groups excluding carboxylic acids is 3. The van der Waals surface area contributed by atoms with E-state index in [0.29, 0.717) is 6.41 Å². The van der Waals surface area contributed by atoms with Crippen LogP contribution >= 0.6 is 12.4 Å². The fourth-order valence-corrected chi connectivity index (χ4v) is 1.88. The molecule has 146 valence electrons. The van der Waals surface area contributed by atoms with Gasteiger partial charge in [-0.05, 0) is 0 Å². The number of halogens is 1. The van der Waals surface area contributed by atoms with Gasteiger partial charge in [-0.15, -0.1) is 22.6 Å². The number of anilines is 2. The van der Waals surface area contributed by atoms with Crippen molar-refractivity contribution in [2.75, 3.05) is 17.2 Å². The molecule has 14 nitrogen and oxygen atoms in total. The molecule has 0 saturated carbocycles. The topological polar surface area (TPSA) is 199 Å². The Kier molecular flexibility index (Phi) is 7.35. The first-order valence-electron chi connectivity index (χ1n) is 7.26. The molecule has 0 aliphatic rings. The molecule has 0 unspecified atom stereocenters. The maximum Gasteiger partial charge on any atom is 0.295 e. The zero-order valence-electron chi connectivity index (χ0n) is 14.4. The van der Waals surface area contributed by atoms with E-state index in [2.05, 4.69) is 36.1 Å². The van der Waals surface area contributed by atoms with Crippen LogP contribution in [-0.2, 0) is 18.9 Å². The van der Waals surface area contributed by atoms with E-state index in [4.69, 9.17) is 11.1 Å². The van der Waals surface area contributed by atoms with Crippen LogP contribution in [-0.4, -0.2) is 60.1 Å². The second-order valence-corrected chi connectivity index (χ2v) is 5.01. The molecule has 0 radical (unpaired) electrons. The molecule has 0 saturated heterocycles. The molecule has 15 heteroatoms. The van der Waals surface area contributed by atoms with Gasteiger partial charge in [0.25, 0.3) is 11.8 Å². The zero-order chi connectivity index (χ0) is 19.3. The van der Waals surface area contributed by atoms with Crippen molar-refractivity contribution < 1.29 is 14.4 Å². The summed E-state index contributed by atoms with van der Waals surface area (Å²) < 4.78 is 2.36. The number of aryl methyl sites for hydroxylation is 2. The molecule has 0 aliphatic heterocycles. The highest BCUT2D eigenvalue weighted by Crippen LogP contribution is 2.06. The lowest BCUT2D eigenvalue weighted by atomic mass is 10.4. The molecule has 2 aromatic heterocycles. The second kappa shape index (κ2) is 9.23. The molecule has 2 heterocycles. The molecule has 0 fully saturated rings. The van der Waals surface area contributed by atoms with Crippen LogP contribution < -0.4 is 21.7 Å². The van der Waals surface area contributed by atoms with Crippen LogP contribution in [0.4, 0.5) is 11.9 Å². The number of nitrogens with two attached hydrogens (primary N) is 1. The van der Waals surface area contributed by atoms with Gasteiger partial charge < -0.3 is 11.1 Å². The molecule has 6 N–H and O–H groups in total. The highest BCUT2D eigenvalue weighted by atomic mass is 35.5. The first kappa shape index (κ1) is 21.5. The van der Waals surface area contributed by atoms with Gasteiger partial charge >= 0.3 is 0 Å². The number of amidine groups is 1. The Morgan fingerprint density at radius 1 is 1.11 bits per heavy atom. The summed E-state index contributed by atoms with van der Waals surface area (Å²) in [5, 5.41) is 22.0. The molecular weight excluding hydrogens is 382 g/mol. The van der Waals surface area contributed by atoms with E-state index >= 15 is 0 Å². The first-order chi connectivity index (χ1) is 12.3. The van der Waals surface area contributed by atoms with Gasteiger partial charge in [0.2, 0.25) is 30.0 Å². The van der Waals surface area contributed by atoms with Crippen molar-refractivity contribution in [1.82, 2.24) is 34.8 Å². The predicted octanol–water partition coefficient (Wildman–Crippen LogP) is -1.76. The summed E-state index contributed by atoms with van der Waals surface area (Å²) in [6.07, 6.45) is 0.588. The van der Waals surface area contributed by atoms with Gasteiger partial charge in [0.15, 0.2) is 0 Å². The van der Waals surface area contributed by atoms with Crippen molar-refractivity contribution in [3.05, 3.63) is 11.6 Å². The molecule has 0 bridgehead atoms. The van der Waals surface area contributed by atoms with Crippen molar-refractivity contribution in [2.45, 2.75) is 6.42 Å². The summed E-state index contributed by atoms with van der Waals surface area (Å²) in [5.74, 6) is -1.53. The lowest BCUT2D eigenvalue weighted by molar-refractivity contribution is -0.105. The lowest BCUT2D eigenvalue weighted by Gasteiger charge is -2.02. The van der Waals surface area contributed by atoms with Crippen LogP contribution in [0.15, 0.2) is 0 Å². The number of aromatic nitrogens is 6. The van der Waals surface area contributed by atoms with Crippen molar-refractivity contribution in [3.63, 3.8) is 0 Å². The summed E-state index contributed by atoms with van der Waals surface area (Å²) in [7, 11) is 2.95. The summed E-state index contributed by atoms with van der Waals surface area (Å²) in [6, 6.07) is 0. The van der Waals surface area contributed by atoms with Crippen LogP contribution in [0.2, 0.25) is 0 Å². The first-order valence-corrected chi connectivity index (χ1v) is 7.26. The van der Waals surface area contributed by atoms with Gasteiger partial charge in [-0.3, -0.25) is 30.4 Å². The fraction of sp³-hybridized carbons (Fsp3) is 0.333. The number of rotatable bonds is 8. The number of nitrogens with zero attached hydrogens (tertiary/aromatic N) is 6. The number of amides is 3. The molecule has 27 heavy (non-hydrogen) atoms. The average Bonchev–Trinajstić information content (AvgIpc) is 3.10. The van der Waals surface area contributed by atoms with Crippen molar-refractivity contribution in [3.8, 4) is 0 Å². The monoisotopic (exact) mass is 399 g/mol. The molecule has 0 atom stereocenters. The number of nitrogens with one attached hydrogen (secondary N) is 4. The summed E-state index contributed by atoms with van der Waals surface area (Å²) in [5.41, 5.74) is 5.21. The molecule has 0 aromatic carbocycles. The van der Waals surface area contributed by atoms with Crippen molar-refractivity contribution in [2.24, 2.45) is 19.8 Å². The van der Waals surface area contributed by atoms with Gasteiger partial charge in [0.05, 0.1) is 5.84 Å². The van der Waals surface area contributed by atoms with Crippen LogP contribution in [0, 0.1) is 5.41 Å². The van der Waals surface area contributed by atoms with E-state index in [0.717, 1.165) is 0 Å². The normalized spacial score (nSPS) is 9.85. The largest absolute Gasteiger partial charge is 0.388 e. The fourth-order valence-electron chi connectivity index (χ4n) is 1.88. The Bertz CT molecular complexity index is 859. The van der Waals surface area contributed by atoms with Gasteiger partial charge in [-0.2, -0.15) is 9.97 Å². The Balaban J connectivity index is 0.00000364. The smallest absolute Gasteiger partial charge is 0.295 e. The highest BCUT2D eigenvalue weighted by molar-refractivity contribution is 6.01. The summed E-state index contributed by atoms with van der Waals surface area (Å²) in [4.78, 5) is 42.4. The van der Waals surface area contributed by atoms with E-state index in [1.54, 1.807) is 0 Å². The van der Waals surface area contributed by atoms with Crippen LogP contribution in [0.25, 0.3) is 0 Å². The Hall–Kier alpha value is -3.55. The minimum Gasteiger partial charge on any atom is -0.388 e. The molecular formula is C12H18ClN11O3. The van der Waals surface area contributed by atoms with Gasteiger partial charge in [-0.1, -0.05) is 0 Å². The lowest BCUT2D eigenvalue weighted by Crippen LogP contribution is -2.29. The van der Waals surface area contributed by atoms with E-state index < -0.39 is 11.8 Å². The van der Waals surface area contributed by atoms with Crippen molar-refractivity contribution in [1.29, 1.82) is 5.41 Å². The third-order valence-corrected chi connectivity index (χ3v) is 3.03. The van der Waals surface area contributed by atoms with Gasteiger partial charge in [0.1, 0.15) is 0 Å². The Labute approximate surface area is 158 Å². The third kappa shape index (κ3) is 5.46.